The van der Waals surface area contributed by atoms with Gasteiger partial charge < -0.3 is 15.4 Å². The summed E-state index contributed by atoms with van der Waals surface area (Å²) in [5, 5.41) is 5.78. The quantitative estimate of drug-likeness (QED) is 0.817. The molecule has 1 heterocycles. The predicted octanol–water partition coefficient (Wildman–Crippen LogP) is 4.58. The molecule has 2 amide bonds. The van der Waals surface area contributed by atoms with Gasteiger partial charge in [0.15, 0.2) is 0 Å². The summed E-state index contributed by atoms with van der Waals surface area (Å²) < 4.78 is 5.74. The lowest BCUT2D eigenvalue weighted by molar-refractivity contribution is 0.251. The fourth-order valence-corrected chi connectivity index (χ4v) is 3.04. The van der Waals surface area contributed by atoms with Gasteiger partial charge in [-0.05, 0) is 36.6 Å². The predicted molar refractivity (Wildman–Crippen MR) is 94.3 cm³/mol. The summed E-state index contributed by atoms with van der Waals surface area (Å²) in [5.41, 5.74) is 0.708. The van der Waals surface area contributed by atoms with Crippen LogP contribution in [0.25, 0.3) is 0 Å². The van der Waals surface area contributed by atoms with Crippen LogP contribution < -0.4 is 15.4 Å². The molecule has 1 aliphatic rings. The minimum Gasteiger partial charge on any atom is -0.457 e. The van der Waals surface area contributed by atoms with Crippen molar-refractivity contribution < 1.29 is 9.53 Å². The Morgan fingerprint density at radius 3 is 2.71 bits per heavy atom. The highest BCUT2D eigenvalue weighted by Crippen LogP contribution is 2.27. The second-order valence-electron chi connectivity index (χ2n) is 6.13. The third-order valence-corrected chi connectivity index (χ3v) is 4.29. The third-order valence-electron chi connectivity index (χ3n) is 4.29. The van der Waals surface area contributed by atoms with E-state index in [2.05, 4.69) is 15.6 Å². The minimum atomic E-state index is -0.172. The zero-order valence-electron chi connectivity index (χ0n) is 13.7. The average Bonchev–Trinajstić information content (AvgIpc) is 3.09. The number of benzene rings is 1. The second kappa shape index (κ2) is 8.34. The van der Waals surface area contributed by atoms with Crippen LogP contribution in [0.4, 0.5) is 10.5 Å². The van der Waals surface area contributed by atoms with Crippen molar-refractivity contribution in [1.82, 2.24) is 10.3 Å². The number of aromatic nitrogens is 1. The Morgan fingerprint density at radius 2 is 1.92 bits per heavy atom. The van der Waals surface area contributed by atoms with E-state index in [9.17, 15) is 4.79 Å². The highest BCUT2D eigenvalue weighted by atomic mass is 16.5. The maximum Gasteiger partial charge on any atom is 0.319 e. The highest BCUT2D eigenvalue weighted by Gasteiger charge is 2.14. The molecule has 5 heteroatoms. The topological polar surface area (TPSA) is 63.2 Å². The summed E-state index contributed by atoms with van der Waals surface area (Å²) in [5.74, 6) is 2.16. The summed E-state index contributed by atoms with van der Waals surface area (Å²) in [6, 6.07) is 10.8. The highest BCUT2D eigenvalue weighted by molar-refractivity contribution is 5.89. The monoisotopic (exact) mass is 325 g/mol. The lowest BCUT2D eigenvalue weighted by Crippen LogP contribution is -2.30. The van der Waals surface area contributed by atoms with Crippen LogP contribution in [0.1, 0.15) is 32.1 Å². The van der Waals surface area contributed by atoms with Crippen molar-refractivity contribution in [1.29, 1.82) is 0 Å². The third kappa shape index (κ3) is 4.98. The Labute approximate surface area is 142 Å². The number of nitrogens with zero attached hydrogens (tertiary/aromatic N) is 1. The molecule has 5 nitrogen and oxygen atoms in total. The van der Waals surface area contributed by atoms with Gasteiger partial charge in [-0.15, -0.1) is 0 Å². The summed E-state index contributed by atoms with van der Waals surface area (Å²) in [6.45, 7) is 0.726. The molecule has 0 atom stereocenters. The van der Waals surface area contributed by atoms with Crippen LogP contribution in [0.15, 0.2) is 48.8 Å². The number of carbonyl (C=O) groups is 1. The Hall–Kier alpha value is -2.56. The summed E-state index contributed by atoms with van der Waals surface area (Å²) >= 11 is 0. The first-order valence-electron chi connectivity index (χ1n) is 8.52. The van der Waals surface area contributed by atoms with Crippen molar-refractivity contribution in [2.24, 2.45) is 5.92 Å². The number of rotatable bonds is 6. The number of hydrogen-bond donors (Lipinski definition) is 2. The number of nitrogens with one attached hydrogen (secondary N) is 2. The maximum absolute atomic E-state index is 12.0. The molecule has 1 fully saturated rings. The van der Waals surface area contributed by atoms with Gasteiger partial charge in [0.05, 0.1) is 0 Å². The molecule has 0 bridgehead atoms. The summed E-state index contributed by atoms with van der Waals surface area (Å²) in [4.78, 5) is 15.9. The number of amides is 2. The molecule has 24 heavy (non-hydrogen) atoms. The molecule has 0 aliphatic heterocycles. The van der Waals surface area contributed by atoms with E-state index in [1.807, 2.05) is 18.2 Å². The number of carbonyl (C=O) groups excluding carboxylic acids is 1. The first-order chi connectivity index (χ1) is 11.8. The van der Waals surface area contributed by atoms with Crippen molar-refractivity contribution in [3.8, 4) is 11.5 Å². The van der Waals surface area contributed by atoms with Gasteiger partial charge in [-0.1, -0.05) is 31.7 Å². The van der Waals surface area contributed by atoms with Gasteiger partial charge in [0, 0.05) is 30.7 Å². The largest absolute Gasteiger partial charge is 0.457 e. The Kier molecular flexibility index (Phi) is 5.66. The summed E-state index contributed by atoms with van der Waals surface area (Å²) in [7, 11) is 0. The van der Waals surface area contributed by atoms with E-state index < -0.39 is 0 Å². The van der Waals surface area contributed by atoms with Gasteiger partial charge in [-0.25, -0.2) is 4.79 Å². The maximum atomic E-state index is 12.0. The van der Waals surface area contributed by atoms with E-state index in [-0.39, 0.29) is 6.03 Å². The SMILES string of the molecule is O=C(NCCC1CCCC1)Nc1cccc(Oc2ccncc2)c1. The fraction of sp³-hybridized carbons (Fsp3) is 0.368. The molecule has 2 N–H and O–H groups in total. The van der Waals surface area contributed by atoms with E-state index in [1.54, 1.807) is 30.6 Å². The molecule has 2 aromatic rings. The van der Waals surface area contributed by atoms with Gasteiger partial charge in [-0.2, -0.15) is 0 Å². The molecule has 0 spiro atoms. The van der Waals surface area contributed by atoms with Crippen LogP contribution in [0.5, 0.6) is 11.5 Å². The van der Waals surface area contributed by atoms with Crippen LogP contribution >= 0.6 is 0 Å². The zero-order chi connectivity index (χ0) is 16.6. The van der Waals surface area contributed by atoms with Crippen molar-refractivity contribution in [2.45, 2.75) is 32.1 Å². The molecule has 1 aliphatic carbocycles. The van der Waals surface area contributed by atoms with Crippen LogP contribution in [-0.2, 0) is 0 Å². The number of pyridine rings is 1. The number of anilines is 1. The standard InChI is InChI=1S/C19H23N3O2/c23-19(21-13-8-15-4-1-2-5-15)22-16-6-3-7-18(14-16)24-17-9-11-20-12-10-17/h3,6-7,9-12,14-15H,1-2,4-5,8,13H2,(H2,21,22,23). The van der Waals surface area contributed by atoms with Crippen molar-refractivity contribution in [3.05, 3.63) is 48.8 Å². The first kappa shape index (κ1) is 16.3. The normalized spacial score (nSPS) is 14.3. The van der Waals surface area contributed by atoms with Gasteiger partial charge >= 0.3 is 6.03 Å². The summed E-state index contributed by atoms with van der Waals surface area (Å²) in [6.07, 6.45) is 9.70. The van der Waals surface area contributed by atoms with Crippen LogP contribution in [0.2, 0.25) is 0 Å². The molecule has 0 radical (unpaired) electrons. The molecule has 0 saturated heterocycles. The molecule has 1 aromatic carbocycles. The van der Waals surface area contributed by atoms with Crippen molar-refractivity contribution in [3.63, 3.8) is 0 Å². The molecule has 3 rings (SSSR count). The molecule has 126 valence electrons. The molecular formula is C19H23N3O2. The van der Waals surface area contributed by atoms with Gasteiger partial charge in [0.2, 0.25) is 0 Å². The van der Waals surface area contributed by atoms with E-state index in [0.717, 1.165) is 18.9 Å². The Balaban J connectivity index is 1.47. The molecule has 0 unspecified atom stereocenters. The van der Waals surface area contributed by atoms with Crippen LogP contribution in [0, 0.1) is 5.92 Å². The van der Waals surface area contributed by atoms with Crippen LogP contribution in [0.3, 0.4) is 0 Å². The fourth-order valence-electron chi connectivity index (χ4n) is 3.04. The zero-order valence-corrected chi connectivity index (χ0v) is 13.7. The van der Waals surface area contributed by atoms with E-state index in [1.165, 1.54) is 25.7 Å². The Morgan fingerprint density at radius 1 is 1.12 bits per heavy atom. The number of urea groups is 1. The van der Waals surface area contributed by atoms with Gasteiger partial charge in [0.1, 0.15) is 11.5 Å². The molecule has 1 saturated carbocycles. The Bertz CT molecular complexity index is 655. The van der Waals surface area contributed by atoms with Crippen molar-refractivity contribution in [2.75, 3.05) is 11.9 Å². The van der Waals surface area contributed by atoms with Crippen LogP contribution in [-0.4, -0.2) is 17.6 Å². The van der Waals surface area contributed by atoms with Crippen molar-refractivity contribution >= 4 is 11.7 Å². The number of hydrogen-bond acceptors (Lipinski definition) is 3. The van der Waals surface area contributed by atoms with E-state index in [0.29, 0.717) is 17.2 Å². The van der Waals surface area contributed by atoms with E-state index in [4.69, 9.17) is 4.74 Å². The first-order valence-corrected chi connectivity index (χ1v) is 8.52. The minimum absolute atomic E-state index is 0.172. The van der Waals surface area contributed by atoms with Gasteiger partial charge in [0.25, 0.3) is 0 Å². The lowest BCUT2D eigenvalue weighted by atomic mass is 10.0. The smallest absolute Gasteiger partial charge is 0.319 e. The average molecular weight is 325 g/mol. The van der Waals surface area contributed by atoms with Gasteiger partial charge in [-0.3, -0.25) is 4.98 Å². The second-order valence-corrected chi connectivity index (χ2v) is 6.13. The number of ether oxygens (including phenoxy) is 1. The van der Waals surface area contributed by atoms with E-state index >= 15 is 0 Å². The molecule has 1 aromatic heterocycles. The molecular weight excluding hydrogens is 302 g/mol. The lowest BCUT2D eigenvalue weighted by Gasteiger charge is -2.11.